The molecule has 2 aromatic carbocycles. The smallest absolute Gasteiger partial charge is 0.219 e. The van der Waals surface area contributed by atoms with Crippen molar-refractivity contribution in [1.82, 2.24) is 0 Å². The van der Waals surface area contributed by atoms with Crippen LogP contribution >= 0.6 is 23.5 Å². The van der Waals surface area contributed by atoms with E-state index in [-0.39, 0.29) is 10.2 Å². The lowest BCUT2D eigenvalue weighted by atomic mass is 10.1. The molecule has 0 aliphatic heterocycles. The Balaban J connectivity index is 2.20. The number of halogens is 1. The van der Waals surface area contributed by atoms with Gasteiger partial charge in [-0.15, -0.1) is 0 Å². The van der Waals surface area contributed by atoms with Gasteiger partial charge < -0.3 is 0 Å². The zero-order chi connectivity index (χ0) is 17.7. The van der Waals surface area contributed by atoms with Crippen molar-refractivity contribution in [2.75, 3.05) is 0 Å². The Labute approximate surface area is 148 Å². The Morgan fingerprint density at radius 2 is 1.67 bits per heavy atom. The van der Waals surface area contributed by atoms with Crippen LogP contribution in [0.15, 0.2) is 77.1 Å². The van der Waals surface area contributed by atoms with Crippen molar-refractivity contribution in [3.8, 4) is 11.1 Å². The highest BCUT2D eigenvalue weighted by atomic mass is 32.2. The number of carbonyl (C=O) groups excluding carboxylic acids is 2. The maximum atomic E-state index is 14.3. The van der Waals surface area contributed by atoms with Gasteiger partial charge in [-0.05, 0) is 71.9 Å². The number of benzene rings is 2. The van der Waals surface area contributed by atoms with Crippen LogP contribution in [0.5, 0.6) is 0 Å². The maximum absolute atomic E-state index is 14.3. The van der Waals surface area contributed by atoms with Gasteiger partial charge in [-0.2, -0.15) is 0 Å². The van der Waals surface area contributed by atoms with Crippen LogP contribution in [-0.4, -0.2) is 10.2 Å². The summed E-state index contributed by atoms with van der Waals surface area (Å²) in [5, 5.41) is -0.326. The molecule has 0 saturated carbocycles. The summed E-state index contributed by atoms with van der Waals surface area (Å²) in [5.74, 6) is -0.405. The highest BCUT2D eigenvalue weighted by Gasteiger charge is 2.10. The summed E-state index contributed by atoms with van der Waals surface area (Å²) < 4.78 is 14.3. The first kappa shape index (κ1) is 18.2. The van der Waals surface area contributed by atoms with E-state index in [2.05, 4.69) is 13.2 Å². The first-order valence-corrected chi connectivity index (χ1v) is 8.66. The second kappa shape index (κ2) is 8.13. The van der Waals surface area contributed by atoms with E-state index in [0.29, 0.717) is 21.6 Å². The molecule has 0 radical (unpaired) electrons. The minimum absolute atomic E-state index is 0.141. The van der Waals surface area contributed by atoms with E-state index in [1.807, 2.05) is 0 Å². The molecule has 5 heteroatoms. The van der Waals surface area contributed by atoms with Crippen LogP contribution in [0.2, 0.25) is 0 Å². The quantitative estimate of drug-likeness (QED) is 0.523. The van der Waals surface area contributed by atoms with Crippen LogP contribution in [0, 0.1) is 5.82 Å². The van der Waals surface area contributed by atoms with Gasteiger partial charge in [-0.25, -0.2) is 4.39 Å². The number of carbonyl (C=O) groups is 2. The van der Waals surface area contributed by atoms with Crippen LogP contribution < -0.4 is 0 Å². The summed E-state index contributed by atoms with van der Waals surface area (Å²) in [6, 6.07) is 11.7. The first-order chi connectivity index (χ1) is 11.4. The fourth-order valence-electron chi connectivity index (χ4n) is 1.85. The molecular weight excluding hydrogens is 343 g/mol. The van der Waals surface area contributed by atoms with Crippen molar-refractivity contribution in [2.45, 2.75) is 16.7 Å². The van der Waals surface area contributed by atoms with Gasteiger partial charge in [0.2, 0.25) is 10.2 Å². The fraction of sp³-hybridized carbons (Fsp3) is 0.0526. The lowest BCUT2D eigenvalue weighted by Gasteiger charge is -2.07. The van der Waals surface area contributed by atoms with Crippen LogP contribution in [0.3, 0.4) is 0 Å². The summed E-state index contributed by atoms with van der Waals surface area (Å²) >= 11 is 2.02. The summed E-state index contributed by atoms with van der Waals surface area (Å²) in [6.07, 6.45) is 1.25. The molecule has 0 aromatic heterocycles. The molecule has 0 aliphatic rings. The van der Waals surface area contributed by atoms with E-state index in [1.165, 1.54) is 12.1 Å². The van der Waals surface area contributed by atoms with Gasteiger partial charge in [0.25, 0.3) is 0 Å². The normalized spacial score (nSPS) is 10.2. The summed E-state index contributed by atoms with van der Waals surface area (Å²) in [5.41, 5.74) is 1.56. The molecule has 0 bridgehead atoms. The van der Waals surface area contributed by atoms with Crippen LogP contribution in [0.4, 0.5) is 4.39 Å². The molecule has 122 valence electrons. The fourth-order valence-corrected chi connectivity index (χ4v) is 3.12. The van der Waals surface area contributed by atoms with Crippen LogP contribution in [0.1, 0.15) is 6.92 Å². The van der Waals surface area contributed by atoms with Gasteiger partial charge in [0.05, 0.1) is 0 Å². The third-order valence-electron chi connectivity index (χ3n) is 3.05. The predicted molar refractivity (Wildman–Crippen MR) is 98.6 cm³/mol. The van der Waals surface area contributed by atoms with Crippen molar-refractivity contribution in [3.63, 3.8) is 0 Å². The molecule has 0 amide bonds. The van der Waals surface area contributed by atoms with E-state index in [4.69, 9.17) is 0 Å². The molecule has 2 rings (SSSR count). The van der Waals surface area contributed by atoms with Gasteiger partial charge >= 0.3 is 0 Å². The predicted octanol–water partition coefficient (Wildman–Crippen LogP) is 5.49. The maximum Gasteiger partial charge on any atom is 0.219 e. The Bertz CT molecular complexity index is 811. The van der Waals surface area contributed by atoms with Crippen molar-refractivity contribution in [3.05, 3.63) is 73.1 Å². The second-order valence-corrected chi connectivity index (χ2v) is 7.09. The molecule has 24 heavy (non-hydrogen) atoms. The average Bonchev–Trinajstić information content (AvgIpc) is 2.55. The highest BCUT2D eigenvalue weighted by molar-refractivity contribution is 8.14. The van der Waals surface area contributed by atoms with Crippen LogP contribution in [-0.2, 0) is 9.59 Å². The van der Waals surface area contributed by atoms with E-state index >= 15 is 0 Å². The SMILES string of the molecule is C=CC(=O)Sc1ccc(-c2ccc(SC(=O)C(=C)C)cc2F)cc1. The van der Waals surface area contributed by atoms with E-state index in [1.54, 1.807) is 43.3 Å². The summed E-state index contributed by atoms with van der Waals surface area (Å²) in [6.45, 7) is 8.62. The van der Waals surface area contributed by atoms with Crippen molar-refractivity contribution in [1.29, 1.82) is 0 Å². The molecule has 0 aliphatic carbocycles. The first-order valence-electron chi connectivity index (χ1n) is 7.02. The lowest BCUT2D eigenvalue weighted by Crippen LogP contribution is -1.92. The molecular formula is C19H15FO2S2. The monoisotopic (exact) mass is 358 g/mol. The molecule has 0 unspecified atom stereocenters. The van der Waals surface area contributed by atoms with Gasteiger partial charge in [0.15, 0.2) is 0 Å². The number of rotatable bonds is 5. The minimum atomic E-state index is -0.405. The Morgan fingerprint density at radius 1 is 1.04 bits per heavy atom. The molecule has 2 aromatic rings. The topological polar surface area (TPSA) is 34.1 Å². The van der Waals surface area contributed by atoms with Gasteiger partial charge in [-0.3, -0.25) is 9.59 Å². The average molecular weight is 358 g/mol. The summed E-state index contributed by atoms with van der Waals surface area (Å²) in [7, 11) is 0. The molecule has 0 N–H and O–H groups in total. The zero-order valence-electron chi connectivity index (χ0n) is 13.0. The van der Waals surface area contributed by atoms with Crippen molar-refractivity contribution in [2.24, 2.45) is 0 Å². The molecule has 0 heterocycles. The Kier molecular flexibility index (Phi) is 6.17. The minimum Gasteiger partial charge on any atom is -0.282 e. The van der Waals surface area contributed by atoms with Crippen LogP contribution in [0.25, 0.3) is 11.1 Å². The van der Waals surface area contributed by atoms with E-state index in [0.717, 1.165) is 28.4 Å². The molecule has 0 saturated heterocycles. The summed E-state index contributed by atoms with van der Waals surface area (Å²) in [4.78, 5) is 24.2. The van der Waals surface area contributed by atoms with E-state index < -0.39 is 5.82 Å². The molecule has 0 atom stereocenters. The van der Waals surface area contributed by atoms with Crippen molar-refractivity contribution < 1.29 is 14.0 Å². The number of hydrogen-bond acceptors (Lipinski definition) is 4. The van der Waals surface area contributed by atoms with Gasteiger partial charge in [-0.1, -0.05) is 31.4 Å². The Morgan fingerprint density at radius 3 is 2.21 bits per heavy atom. The highest BCUT2D eigenvalue weighted by Crippen LogP contribution is 2.30. The van der Waals surface area contributed by atoms with Crippen molar-refractivity contribution >= 4 is 33.8 Å². The molecule has 0 spiro atoms. The third-order valence-corrected chi connectivity index (χ3v) is 4.95. The standard InChI is InChI=1S/C19H15FO2S2/c1-4-18(21)23-14-7-5-13(6-8-14)16-10-9-15(11-17(16)20)24-19(22)12(2)3/h4-11H,1-2H2,3H3. The molecule has 2 nitrogen and oxygen atoms in total. The zero-order valence-corrected chi connectivity index (χ0v) is 14.7. The molecule has 0 fully saturated rings. The second-order valence-electron chi connectivity index (χ2n) is 4.96. The van der Waals surface area contributed by atoms with Gasteiger partial charge in [0.1, 0.15) is 5.82 Å². The van der Waals surface area contributed by atoms with E-state index in [9.17, 15) is 14.0 Å². The van der Waals surface area contributed by atoms with Gasteiger partial charge in [0, 0.05) is 15.4 Å². The largest absolute Gasteiger partial charge is 0.282 e. The third kappa shape index (κ3) is 4.69. The lowest BCUT2D eigenvalue weighted by molar-refractivity contribution is -0.108. The number of hydrogen-bond donors (Lipinski definition) is 0. The Hall–Kier alpha value is -2.11. The number of thioether (sulfide) groups is 2.